The Labute approximate surface area is 131 Å². The van der Waals surface area contributed by atoms with E-state index in [1.165, 1.54) is 0 Å². The van der Waals surface area contributed by atoms with Gasteiger partial charge in [0.25, 0.3) is 5.91 Å². The highest BCUT2D eigenvalue weighted by atomic mass is 16.2. The van der Waals surface area contributed by atoms with Gasteiger partial charge in [-0.05, 0) is 32.5 Å². The van der Waals surface area contributed by atoms with Crippen LogP contribution in [0.4, 0.5) is 0 Å². The van der Waals surface area contributed by atoms with Crippen molar-refractivity contribution in [1.82, 2.24) is 19.6 Å². The smallest absolute Gasteiger partial charge is 0.257 e. The largest absolute Gasteiger partial charge is 0.336 e. The predicted molar refractivity (Wildman–Crippen MR) is 86.4 cm³/mol. The Morgan fingerprint density at radius 2 is 1.77 bits per heavy atom. The molecule has 1 fully saturated rings. The lowest BCUT2D eigenvalue weighted by molar-refractivity contribution is 0.0663. The van der Waals surface area contributed by atoms with E-state index in [4.69, 9.17) is 0 Å². The molecule has 5 nitrogen and oxygen atoms in total. The maximum Gasteiger partial charge on any atom is 0.257 e. The van der Waals surface area contributed by atoms with Crippen LogP contribution in [0.3, 0.4) is 0 Å². The molecule has 1 aromatic heterocycles. The summed E-state index contributed by atoms with van der Waals surface area (Å²) in [4.78, 5) is 16.9. The normalized spacial score (nSPS) is 16.0. The van der Waals surface area contributed by atoms with E-state index >= 15 is 0 Å². The van der Waals surface area contributed by atoms with E-state index in [0.29, 0.717) is 5.56 Å². The van der Waals surface area contributed by atoms with Crippen LogP contribution in [0.15, 0.2) is 30.5 Å². The standard InChI is InChI=1S/C17H22N4O/c1-13-6-4-5-7-16(13)21-14(2)15(12-18-21)17(22)20-10-8-19(3)9-11-20/h4-7,12H,8-11H2,1-3H3. The molecule has 0 unspecified atom stereocenters. The van der Waals surface area contributed by atoms with Gasteiger partial charge in [-0.2, -0.15) is 5.10 Å². The summed E-state index contributed by atoms with van der Waals surface area (Å²) in [7, 11) is 2.09. The summed E-state index contributed by atoms with van der Waals surface area (Å²) >= 11 is 0. The molecular weight excluding hydrogens is 276 g/mol. The quantitative estimate of drug-likeness (QED) is 0.850. The number of likely N-dealkylation sites (N-methyl/N-ethyl adjacent to an activating group) is 1. The second-order valence-electron chi connectivity index (χ2n) is 5.94. The number of piperazine rings is 1. The lowest BCUT2D eigenvalue weighted by Crippen LogP contribution is -2.47. The van der Waals surface area contributed by atoms with Crippen molar-refractivity contribution in [2.24, 2.45) is 0 Å². The third-order valence-electron chi connectivity index (χ3n) is 4.37. The van der Waals surface area contributed by atoms with Crippen LogP contribution in [-0.4, -0.2) is 58.7 Å². The van der Waals surface area contributed by atoms with E-state index in [1.807, 2.05) is 34.7 Å². The zero-order valence-corrected chi connectivity index (χ0v) is 13.4. The van der Waals surface area contributed by atoms with E-state index < -0.39 is 0 Å². The maximum absolute atomic E-state index is 12.7. The van der Waals surface area contributed by atoms with Gasteiger partial charge in [0.1, 0.15) is 0 Å². The summed E-state index contributed by atoms with van der Waals surface area (Å²) in [5, 5.41) is 4.44. The first-order valence-corrected chi connectivity index (χ1v) is 7.66. The van der Waals surface area contributed by atoms with Gasteiger partial charge in [0, 0.05) is 26.2 Å². The molecule has 0 saturated carbocycles. The molecule has 22 heavy (non-hydrogen) atoms. The fourth-order valence-corrected chi connectivity index (χ4v) is 2.84. The molecule has 1 aromatic carbocycles. The maximum atomic E-state index is 12.7. The molecule has 1 aliphatic heterocycles. The zero-order chi connectivity index (χ0) is 15.7. The summed E-state index contributed by atoms with van der Waals surface area (Å²) in [6.45, 7) is 7.43. The number of hydrogen-bond donors (Lipinski definition) is 0. The van der Waals surface area contributed by atoms with E-state index in [0.717, 1.165) is 43.1 Å². The van der Waals surface area contributed by atoms with Crippen molar-refractivity contribution in [3.8, 4) is 5.69 Å². The summed E-state index contributed by atoms with van der Waals surface area (Å²) < 4.78 is 1.86. The minimum atomic E-state index is 0.0884. The van der Waals surface area contributed by atoms with E-state index in [1.54, 1.807) is 6.20 Å². The van der Waals surface area contributed by atoms with Gasteiger partial charge in [-0.3, -0.25) is 4.79 Å². The van der Waals surface area contributed by atoms with Gasteiger partial charge >= 0.3 is 0 Å². The Balaban J connectivity index is 1.88. The van der Waals surface area contributed by atoms with Crippen LogP contribution in [0.2, 0.25) is 0 Å². The molecule has 0 bridgehead atoms. The molecular formula is C17H22N4O. The predicted octanol–water partition coefficient (Wildman–Crippen LogP) is 1.88. The second-order valence-corrected chi connectivity index (χ2v) is 5.94. The number of nitrogens with zero attached hydrogens (tertiary/aromatic N) is 4. The minimum absolute atomic E-state index is 0.0884. The third-order valence-corrected chi connectivity index (χ3v) is 4.37. The molecule has 5 heteroatoms. The molecule has 2 aromatic rings. The number of aryl methyl sites for hydroxylation is 1. The van der Waals surface area contributed by atoms with Crippen molar-refractivity contribution in [3.63, 3.8) is 0 Å². The molecule has 1 amide bonds. The Kier molecular flexibility index (Phi) is 3.98. The molecule has 3 rings (SSSR count). The van der Waals surface area contributed by atoms with Crippen LogP contribution in [-0.2, 0) is 0 Å². The average Bonchev–Trinajstić information content (AvgIpc) is 2.89. The summed E-state index contributed by atoms with van der Waals surface area (Å²) in [6, 6.07) is 8.08. The van der Waals surface area contributed by atoms with Crippen molar-refractivity contribution in [2.75, 3.05) is 33.2 Å². The van der Waals surface area contributed by atoms with Crippen molar-refractivity contribution in [1.29, 1.82) is 0 Å². The highest BCUT2D eigenvalue weighted by molar-refractivity contribution is 5.95. The highest BCUT2D eigenvalue weighted by Gasteiger charge is 2.24. The van der Waals surface area contributed by atoms with Gasteiger partial charge in [-0.1, -0.05) is 18.2 Å². The highest BCUT2D eigenvalue weighted by Crippen LogP contribution is 2.19. The number of para-hydroxylation sites is 1. The molecule has 1 aliphatic rings. The summed E-state index contributed by atoms with van der Waals surface area (Å²) in [5.41, 5.74) is 3.77. The van der Waals surface area contributed by atoms with Crippen LogP contribution in [0, 0.1) is 13.8 Å². The SMILES string of the molecule is Cc1ccccc1-n1ncc(C(=O)N2CCN(C)CC2)c1C. The molecule has 0 N–H and O–H groups in total. The Bertz CT molecular complexity index is 684. The second kappa shape index (κ2) is 5.93. The van der Waals surface area contributed by atoms with Crippen LogP contribution in [0.5, 0.6) is 0 Å². The Morgan fingerprint density at radius 1 is 1.09 bits per heavy atom. The molecule has 0 aliphatic carbocycles. The van der Waals surface area contributed by atoms with Gasteiger partial charge in [0.05, 0.1) is 23.1 Å². The van der Waals surface area contributed by atoms with Gasteiger partial charge in [0.2, 0.25) is 0 Å². The average molecular weight is 298 g/mol. The zero-order valence-electron chi connectivity index (χ0n) is 13.4. The Hall–Kier alpha value is -2.14. The van der Waals surface area contributed by atoms with Crippen LogP contribution in [0.25, 0.3) is 5.69 Å². The van der Waals surface area contributed by atoms with Gasteiger partial charge in [-0.25, -0.2) is 4.68 Å². The van der Waals surface area contributed by atoms with Crippen molar-refractivity contribution in [3.05, 3.63) is 47.3 Å². The fourth-order valence-electron chi connectivity index (χ4n) is 2.84. The first-order valence-electron chi connectivity index (χ1n) is 7.66. The fraction of sp³-hybridized carbons (Fsp3) is 0.412. The molecule has 0 spiro atoms. The molecule has 2 heterocycles. The van der Waals surface area contributed by atoms with Crippen molar-refractivity contribution >= 4 is 5.91 Å². The van der Waals surface area contributed by atoms with E-state index in [9.17, 15) is 4.79 Å². The summed E-state index contributed by atoms with van der Waals surface area (Å²) in [5.74, 6) is 0.0884. The van der Waals surface area contributed by atoms with Gasteiger partial charge in [0.15, 0.2) is 0 Å². The van der Waals surface area contributed by atoms with Gasteiger partial charge in [-0.15, -0.1) is 0 Å². The number of amides is 1. The number of hydrogen-bond acceptors (Lipinski definition) is 3. The van der Waals surface area contributed by atoms with Crippen LogP contribution < -0.4 is 0 Å². The van der Waals surface area contributed by atoms with Crippen LogP contribution >= 0.6 is 0 Å². The van der Waals surface area contributed by atoms with Crippen LogP contribution in [0.1, 0.15) is 21.6 Å². The topological polar surface area (TPSA) is 41.4 Å². The third kappa shape index (κ3) is 2.64. The van der Waals surface area contributed by atoms with E-state index in [-0.39, 0.29) is 5.91 Å². The molecule has 116 valence electrons. The van der Waals surface area contributed by atoms with Crippen molar-refractivity contribution in [2.45, 2.75) is 13.8 Å². The number of aromatic nitrogens is 2. The molecule has 1 saturated heterocycles. The number of carbonyl (C=O) groups is 1. The van der Waals surface area contributed by atoms with Gasteiger partial charge < -0.3 is 9.80 Å². The Morgan fingerprint density at radius 3 is 2.45 bits per heavy atom. The number of carbonyl (C=O) groups excluding carboxylic acids is 1. The number of rotatable bonds is 2. The summed E-state index contributed by atoms with van der Waals surface area (Å²) in [6.07, 6.45) is 1.70. The lowest BCUT2D eigenvalue weighted by atomic mass is 10.2. The first-order chi connectivity index (χ1) is 10.6. The monoisotopic (exact) mass is 298 g/mol. The minimum Gasteiger partial charge on any atom is -0.336 e. The first kappa shape index (κ1) is 14.8. The number of benzene rings is 1. The molecule has 0 atom stereocenters. The lowest BCUT2D eigenvalue weighted by Gasteiger charge is -2.32. The van der Waals surface area contributed by atoms with Crippen molar-refractivity contribution < 1.29 is 4.79 Å². The molecule has 0 radical (unpaired) electrons. The van der Waals surface area contributed by atoms with E-state index in [2.05, 4.69) is 30.0 Å².